The second-order valence-electron chi connectivity index (χ2n) is 7.67. The minimum atomic E-state index is -0.201. The van der Waals surface area contributed by atoms with Crippen molar-refractivity contribution in [2.45, 2.75) is 13.8 Å². The van der Waals surface area contributed by atoms with E-state index in [9.17, 15) is 9.59 Å². The van der Waals surface area contributed by atoms with E-state index in [0.717, 1.165) is 25.9 Å². The Bertz CT molecular complexity index is 1470. The van der Waals surface area contributed by atoms with Gasteiger partial charge in [-0.1, -0.05) is 29.3 Å². The van der Waals surface area contributed by atoms with Crippen LogP contribution in [0.15, 0.2) is 65.5 Å². The molecule has 0 radical (unpaired) electrons. The molecule has 0 atom stereocenters. The molecule has 5 nitrogen and oxygen atoms in total. The van der Waals surface area contributed by atoms with Crippen LogP contribution in [0, 0.1) is 17.4 Å². The van der Waals surface area contributed by atoms with Gasteiger partial charge in [0, 0.05) is 14.8 Å². The molecule has 0 aliphatic carbocycles. The highest BCUT2D eigenvalue weighted by Crippen LogP contribution is 2.33. The van der Waals surface area contributed by atoms with E-state index in [2.05, 4.69) is 27.9 Å². The van der Waals surface area contributed by atoms with Crippen LogP contribution in [0.1, 0.15) is 22.5 Å². The molecule has 152 valence electrons. The molecule has 0 spiro atoms. The molecule has 4 aromatic rings. The fourth-order valence-electron chi connectivity index (χ4n) is 3.79. The molecule has 0 saturated carbocycles. The summed E-state index contributed by atoms with van der Waals surface area (Å²) in [4.78, 5) is 31.0. The van der Waals surface area contributed by atoms with Gasteiger partial charge in [-0.25, -0.2) is 4.98 Å². The number of halogens is 1. The van der Waals surface area contributed by atoms with Gasteiger partial charge >= 0.3 is 0 Å². The minimum absolute atomic E-state index is 0.165. The van der Waals surface area contributed by atoms with Gasteiger partial charge in [0.1, 0.15) is 5.82 Å². The number of aryl methyl sites for hydroxylation is 2. The first-order valence-electron chi connectivity index (χ1n) is 9.84. The van der Waals surface area contributed by atoms with Crippen LogP contribution >= 0.6 is 22.6 Å². The van der Waals surface area contributed by atoms with E-state index in [1.54, 1.807) is 10.6 Å². The Hall–Kier alpha value is -3.26. The van der Waals surface area contributed by atoms with Gasteiger partial charge < -0.3 is 5.32 Å². The van der Waals surface area contributed by atoms with Gasteiger partial charge in [0.15, 0.2) is 0 Å². The predicted molar refractivity (Wildman–Crippen MR) is 132 cm³/mol. The topological polar surface area (TPSA) is 64.0 Å². The molecule has 31 heavy (non-hydrogen) atoms. The van der Waals surface area contributed by atoms with Crippen molar-refractivity contribution in [1.82, 2.24) is 9.55 Å². The molecule has 6 heteroatoms. The summed E-state index contributed by atoms with van der Waals surface area (Å²) in [5.74, 6) is 0.218. The lowest BCUT2D eigenvalue weighted by molar-refractivity contribution is -0.110. The first kappa shape index (κ1) is 19.7. The Morgan fingerprint density at radius 2 is 1.68 bits per heavy atom. The molecule has 1 N–H and O–H groups in total. The van der Waals surface area contributed by atoms with E-state index >= 15 is 0 Å². The molecule has 1 amide bonds. The zero-order chi connectivity index (χ0) is 21.7. The van der Waals surface area contributed by atoms with Gasteiger partial charge in [-0.05, 0) is 85.0 Å². The molecule has 5 rings (SSSR count). The number of benzene rings is 3. The summed E-state index contributed by atoms with van der Waals surface area (Å²) in [5.41, 5.74) is 5.37. The molecule has 2 heterocycles. The lowest BCUT2D eigenvalue weighted by Crippen LogP contribution is -2.22. The smallest absolute Gasteiger partial charge is 0.266 e. The fraction of sp³-hybridized carbons (Fsp3) is 0.0800. The van der Waals surface area contributed by atoms with Gasteiger partial charge in [-0.15, -0.1) is 0 Å². The number of carbonyl (C=O) groups is 1. The minimum Gasteiger partial charge on any atom is -0.321 e. The number of hydrogen-bond donors (Lipinski definition) is 1. The molecule has 1 aliphatic heterocycles. The Balaban J connectivity index is 1.82. The summed E-state index contributed by atoms with van der Waals surface area (Å²) < 4.78 is 2.54. The van der Waals surface area contributed by atoms with Gasteiger partial charge in [0.05, 0.1) is 22.2 Å². The monoisotopic (exact) mass is 519 g/mol. The summed E-state index contributed by atoms with van der Waals surface area (Å²) in [5, 5.41) is 3.44. The van der Waals surface area contributed by atoms with Crippen LogP contribution in [0.25, 0.3) is 28.2 Å². The Labute approximate surface area is 192 Å². The maximum atomic E-state index is 13.5. The van der Waals surface area contributed by atoms with E-state index in [-0.39, 0.29) is 11.5 Å². The van der Waals surface area contributed by atoms with Crippen LogP contribution in [-0.2, 0) is 4.79 Å². The molecular formula is C25H18IN3O2. The van der Waals surface area contributed by atoms with Crippen LogP contribution in [0.3, 0.4) is 0 Å². The van der Waals surface area contributed by atoms with E-state index in [0.29, 0.717) is 28.0 Å². The summed E-state index contributed by atoms with van der Waals surface area (Å²) in [7, 11) is 0. The largest absolute Gasteiger partial charge is 0.321 e. The van der Waals surface area contributed by atoms with Gasteiger partial charge in [0.25, 0.3) is 11.5 Å². The molecule has 0 unspecified atom stereocenters. The highest BCUT2D eigenvalue weighted by Gasteiger charge is 2.25. The number of aromatic nitrogens is 2. The van der Waals surface area contributed by atoms with Crippen molar-refractivity contribution in [2.75, 3.05) is 5.32 Å². The fourth-order valence-corrected chi connectivity index (χ4v) is 4.28. The van der Waals surface area contributed by atoms with Crippen molar-refractivity contribution in [3.63, 3.8) is 0 Å². The average molecular weight is 519 g/mol. The quantitative estimate of drug-likeness (QED) is 0.296. The van der Waals surface area contributed by atoms with Crippen molar-refractivity contribution in [2.24, 2.45) is 0 Å². The van der Waals surface area contributed by atoms with Crippen molar-refractivity contribution < 1.29 is 4.79 Å². The molecule has 0 bridgehead atoms. The zero-order valence-electron chi connectivity index (χ0n) is 16.9. The summed E-state index contributed by atoms with van der Waals surface area (Å²) in [6, 6.07) is 19.1. The number of anilines is 1. The molecule has 0 saturated heterocycles. The van der Waals surface area contributed by atoms with Crippen LogP contribution < -0.4 is 10.9 Å². The molecule has 1 aromatic heterocycles. The predicted octanol–water partition coefficient (Wildman–Crippen LogP) is 5.10. The lowest BCUT2D eigenvalue weighted by atomic mass is 10.0. The number of nitrogens with one attached hydrogen (secondary N) is 1. The summed E-state index contributed by atoms with van der Waals surface area (Å²) >= 11 is 2.19. The maximum absolute atomic E-state index is 13.5. The molecule has 0 fully saturated rings. The second kappa shape index (κ2) is 7.46. The van der Waals surface area contributed by atoms with E-state index < -0.39 is 0 Å². The maximum Gasteiger partial charge on any atom is 0.266 e. The molecular weight excluding hydrogens is 501 g/mol. The van der Waals surface area contributed by atoms with E-state index in [1.165, 1.54) is 0 Å². The number of nitrogens with zero attached hydrogens (tertiary/aromatic N) is 2. The summed E-state index contributed by atoms with van der Waals surface area (Å²) in [6.45, 7) is 3.98. The Kier molecular flexibility index (Phi) is 4.74. The van der Waals surface area contributed by atoms with Crippen molar-refractivity contribution >= 4 is 56.7 Å². The third kappa shape index (κ3) is 3.46. The van der Waals surface area contributed by atoms with Crippen molar-refractivity contribution in [3.05, 3.63) is 97.1 Å². The molecule has 1 aliphatic rings. The standard InChI is InChI=1S/C25H18IN3O2/c1-14-3-7-17(8-4-14)29-23(27-22-10-6-16(26)12-20(22)25(29)31)13-19-18-11-15(2)5-9-21(18)28-24(19)30/h3-13H,1-2H3,(H,28,30)/b19-13-. The van der Waals surface area contributed by atoms with Crippen LogP contribution in [0.2, 0.25) is 0 Å². The number of carbonyl (C=O) groups excluding carboxylic acids is 1. The second-order valence-corrected chi connectivity index (χ2v) is 8.91. The first-order chi connectivity index (χ1) is 14.9. The van der Waals surface area contributed by atoms with Crippen molar-refractivity contribution in [1.29, 1.82) is 0 Å². The molecule has 3 aromatic carbocycles. The van der Waals surface area contributed by atoms with Crippen LogP contribution in [0.4, 0.5) is 5.69 Å². The number of hydrogen-bond acceptors (Lipinski definition) is 3. The van der Waals surface area contributed by atoms with Crippen molar-refractivity contribution in [3.8, 4) is 5.69 Å². The van der Waals surface area contributed by atoms with Crippen LogP contribution in [-0.4, -0.2) is 15.5 Å². The summed E-state index contributed by atoms with van der Waals surface area (Å²) in [6.07, 6.45) is 1.71. The van der Waals surface area contributed by atoms with E-state index in [1.807, 2.05) is 74.5 Å². The SMILES string of the molecule is Cc1ccc(-n2c(/C=C3\C(=O)Nc4ccc(C)cc43)nc3ccc(I)cc3c2=O)cc1. The third-order valence-electron chi connectivity index (χ3n) is 5.38. The number of rotatable bonds is 2. The van der Waals surface area contributed by atoms with E-state index in [4.69, 9.17) is 4.98 Å². The number of fused-ring (bicyclic) bond motifs is 2. The van der Waals surface area contributed by atoms with Gasteiger partial charge in [-0.2, -0.15) is 0 Å². The third-order valence-corrected chi connectivity index (χ3v) is 6.05. The first-order valence-corrected chi connectivity index (χ1v) is 10.9. The number of amides is 1. The van der Waals surface area contributed by atoms with Crippen LogP contribution in [0.5, 0.6) is 0 Å². The Morgan fingerprint density at radius 1 is 0.935 bits per heavy atom. The highest BCUT2D eigenvalue weighted by atomic mass is 127. The van der Waals surface area contributed by atoms with Gasteiger partial charge in [0.2, 0.25) is 0 Å². The van der Waals surface area contributed by atoms with Gasteiger partial charge in [-0.3, -0.25) is 14.2 Å². The average Bonchev–Trinajstić information content (AvgIpc) is 3.04. The Morgan fingerprint density at radius 3 is 2.45 bits per heavy atom. The lowest BCUT2D eigenvalue weighted by Gasteiger charge is -2.12. The normalized spacial score (nSPS) is 14.2. The zero-order valence-corrected chi connectivity index (χ0v) is 19.1. The highest BCUT2D eigenvalue weighted by molar-refractivity contribution is 14.1.